The van der Waals surface area contributed by atoms with Gasteiger partial charge in [0.2, 0.25) is 0 Å². The number of aliphatic carboxylic acids is 1. The Morgan fingerprint density at radius 1 is 1.07 bits per heavy atom. The molecular formula is C22H20F3NO4. The van der Waals surface area contributed by atoms with Crippen molar-refractivity contribution < 1.29 is 33.0 Å². The van der Waals surface area contributed by atoms with Crippen LogP contribution in [0.1, 0.15) is 47.8 Å². The molecule has 3 aromatic rings. The topological polar surface area (TPSA) is 79.5 Å². The number of aromatic nitrogens is 1. The standard InChI is InChI=1S/C22H20F3NO4/c1-4-10(2)19(22(29)30)20-11(3)26(17-9-16(25)18(27)8-13(17)20)21(28)12-5-6-14(23)15(24)7-12/h5-10,19,27H,4H2,1-3H3,(H,29,30)/t10?,19-/m0/s1. The van der Waals surface area contributed by atoms with Gasteiger partial charge in [0, 0.05) is 22.7 Å². The molecule has 0 fully saturated rings. The molecule has 0 spiro atoms. The molecule has 2 aromatic carbocycles. The largest absolute Gasteiger partial charge is 0.505 e. The lowest BCUT2D eigenvalue weighted by Gasteiger charge is -2.20. The minimum atomic E-state index is -1.22. The molecule has 1 unspecified atom stereocenters. The zero-order valence-corrected chi connectivity index (χ0v) is 16.5. The Bertz CT molecular complexity index is 1170. The number of aromatic hydroxyl groups is 1. The molecule has 0 aliphatic carbocycles. The van der Waals surface area contributed by atoms with Gasteiger partial charge in [-0.25, -0.2) is 13.2 Å². The van der Waals surface area contributed by atoms with Crippen molar-refractivity contribution in [1.82, 2.24) is 4.57 Å². The second kappa shape index (κ2) is 7.85. The van der Waals surface area contributed by atoms with Gasteiger partial charge in [0.25, 0.3) is 5.91 Å². The first-order valence-electron chi connectivity index (χ1n) is 9.34. The number of carbonyl (C=O) groups excluding carboxylic acids is 1. The van der Waals surface area contributed by atoms with Crippen molar-refractivity contribution in [3.05, 3.63) is 64.6 Å². The fourth-order valence-corrected chi connectivity index (χ4v) is 3.75. The minimum Gasteiger partial charge on any atom is -0.505 e. The number of fused-ring (bicyclic) bond motifs is 1. The van der Waals surface area contributed by atoms with Gasteiger partial charge in [0.05, 0.1) is 11.4 Å². The fraction of sp³-hybridized carbons (Fsp3) is 0.273. The number of phenols is 1. The number of carboxylic acid groups (broad SMARTS) is 1. The van der Waals surface area contributed by atoms with Gasteiger partial charge in [0.1, 0.15) is 0 Å². The molecule has 0 amide bonds. The highest BCUT2D eigenvalue weighted by Gasteiger charge is 2.33. The monoisotopic (exact) mass is 419 g/mol. The number of hydrogen-bond donors (Lipinski definition) is 2. The third-order valence-corrected chi connectivity index (χ3v) is 5.48. The normalized spacial score (nSPS) is 13.4. The van der Waals surface area contributed by atoms with E-state index in [-0.39, 0.29) is 33.6 Å². The highest BCUT2D eigenvalue weighted by atomic mass is 19.2. The van der Waals surface area contributed by atoms with Crippen LogP contribution in [0.5, 0.6) is 5.75 Å². The number of carbonyl (C=O) groups is 2. The molecule has 0 saturated carbocycles. The van der Waals surface area contributed by atoms with E-state index < -0.39 is 41.0 Å². The van der Waals surface area contributed by atoms with Crippen LogP contribution in [-0.4, -0.2) is 26.7 Å². The van der Waals surface area contributed by atoms with Gasteiger partial charge in [-0.3, -0.25) is 14.2 Å². The van der Waals surface area contributed by atoms with Crippen molar-refractivity contribution in [1.29, 1.82) is 0 Å². The molecule has 0 saturated heterocycles. The quantitative estimate of drug-likeness (QED) is 0.612. The van der Waals surface area contributed by atoms with Gasteiger partial charge in [-0.1, -0.05) is 20.3 Å². The van der Waals surface area contributed by atoms with Crippen LogP contribution in [0, 0.1) is 30.3 Å². The molecule has 0 bridgehead atoms. The van der Waals surface area contributed by atoms with Crippen LogP contribution in [0.3, 0.4) is 0 Å². The van der Waals surface area contributed by atoms with Gasteiger partial charge in [-0.05, 0) is 42.7 Å². The second-order valence-corrected chi connectivity index (χ2v) is 7.29. The summed E-state index contributed by atoms with van der Waals surface area (Å²) in [7, 11) is 0. The number of halogens is 3. The third-order valence-electron chi connectivity index (χ3n) is 5.48. The summed E-state index contributed by atoms with van der Waals surface area (Å²) in [6, 6.07) is 4.62. The molecule has 30 heavy (non-hydrogen) atoms. The lowest BCUT2D eigenvalue weighted by Crippen LogP contribution is -2.21. The van der Waals surface area contributed by atoms with Crippen LogP contribution in [0.15, 0.2) is 30.3 Å². The Hall–Kier alpha value is -3.29. The van der Waals surface area contributed by atoms with Gasteiger partial charge in [0.15, 0.2) is 23.2 Å². The summed E-state index contributed by atoms with van der Waals surface area (Å²) in [5.74, 6) is -7.29. The van der Waals surface area contributed by atoms with Crippen molar-refractivity contribution in [2.75, 3.05) is 0 Å². The molecule has 0 radical (unpaired) electrons. The van der Waals surface area contributed by atoms with Crippen LogP contribution >= 0.6 is 0 Å². The summed E-state index contributed by atoms with van der Waals surface area (Å²) in [6.07, 6.45) is 0.521. The van der Waals surface area contributed by atoms with E-state index in [0.29, 0.717) is 6.42 Å². The summed E-state index contributed by atoms with van der Waals surface area (Å²) in [6.45, 7) is 5.06. The molecule has 0 aliphatic rings. The van der Waals surface area contributed by atoms with Crippen molar-refractivity contribution >= 4 is 22.8 Å². The van der Waals surface area contributed by atoms with Gasteiger partial charge in [-0.2, -0.15) is 0 Å². The number of hydrogen-bond acceptors (Lipinski definition) is 3. The van der Waals surface area contributed by atoms with E-state index in [9.17, 15) is 33.0 Å². The molecule has 158 valence electrons. The van der Waals surface area contributed by atoms with Crippen LogP contribution in [-0.2, 0) is 4.79 Å². The SMILES string of the molecule is CCC(C)[C@H](C(=O)O)c1c(C)n(C(=O)c2ccc(F)c(F)c2)c2cc(F)c(O)cc12. The number of benzene rings is 2. The van der Waals surface area contributed by atoms with E-state index in [0.717, 1.165) is 34.9 Å². The maximum Gasteiger partial charge on any atom is 0.311 e. The second-order valence-electron chi connectivity index (χ2n) is 7.29. The Balaban J connectivity index is 2.36. The van der Waals surface area contributed by atoms with Gasteiger partial charge >= 0.3 is 5.97 Å². The molecule has 8 heteroatoms. The van der Waals surface area contributed by atoms with E-state index in [1.807, 2.05) is 6.92 Å². The van der Waals surface area contributed by atoms with Crippen LogP contribution in [0.25, 0.3) is 10.9 Å². The van der Waals surface area contributed by atoms with E-state index in [4.69, 9.17) is 0 Å². The van der Waals surface area contributed by atoms with Crippen LogP contribution in [0.4, 0.5) is 13.2 Å². The summed E-state index contributed by atoms with van der Waals surface area (Å²) in [5, 5.41) is 19.9. The van der Waals surface area contributed by atoms with Gasteiger partial charge < -0.3 is 10.2 Å². The van der Waals surface area contributed by atoms with Crippen molar-refractivity contribution in [2.45, 2.75) is 33.1 Å². The van der Waals surface area contributed by atoms with E-state index in [1.165, 1.54) is 6.92 Å². The summed E-state index contributed by atoms with van der Waals surface area (Å²) < 4.78 is 42.2. The predicted molar refractivity (Wildman–Crippen MR) is 104 cm³/mol. The third kappa shape index (κ3) is 3.42. The molecule has 3 rings (SSSR count). The fourth-order valence-electron chi connectivity index (χ4n) is 3.75. The van der Waals surface area contributed by atoms with Crippen molar-refractivity contribution in [2.24, 2.45) is 5.92 Å². The number of rotatable bonds is 5. The molecule has 1 aromatic heterocycles. The minimum absolute atomic E-state index is 0.0297. The first kappa shape index (κ1) is 21.4. The highest BCUT2D eigenvalue weighted by Crippen LogP contribution is 2.39. The number of nitrogens with zero attached hydrogens (tertiary/aromatic N) is 1. The Kier molecular flexibility index (Phi) is 5.61. The molecule has 1 heterocycles. The molecule has 2 N–H and O–H groups in total. The van der Waals surface area contributed by atoms with E-state index in [2.05, 4.69) is 0 Å². The zero-order valence-electron chi connectivity index (χ0n) is 16.5. The number of phenolic OH excluding ortho intramolecular Hbond substituents is 1. The average molecular weight is 419 g/mol. The summed E-state index contributed by atoms with van der Waals surface area (Å²) in [5.41, 5.74) is 0.321. The molecule has 0 aliphatic heterocycles. The smallest absolute Gasteiger partial charge is 0.311 e. The first-order valence-corrected chi connectivity index (χ1v) is 9.34. The van der Waals surface area contributed by atoms with Crippen molar-refractivity contribution in [3.63, 3.8) is 0 Å². The summed E-state index contributed by atoms with van der Waals surface area (Å²) >= 11 is 0. The maximum absolute atomic E-state index is 14.1. The predicted octanol–water partition coefficient (Wildman–Crippen LogP) is 4.98. The van der Waals surface area contributed by atoms with E-state index >= 15 is 0 Å². The first-order chi connectivity index (χ1) is 14.1. The van der Waals surface area contributed by atoms with Crippen LogP contribution < -0.4 is 0 Å². The molecular weight excluding hydrogens is 399 g/mol. The Morgan fingerprint density at radius 2 is 1.73 bits per heavy atom. The lowest BCUT2D eigenvalue weighted by molar-refractivity contribution is -0.140. The zero-order chi connectivity index (χ0) is 22.3. The average Bonchev–Trinajstić information content (AvgIpc) is 2.95. The van der Waals surface area contributed by atoms with Crippen LogP contribution in [0.2, 0.25) is 0 Å². The molecule has 5 nitrogen and oxygen atoms in total. The van der Waals surface area contributed by atoms with E-state index in [1.54, 1.807) is 6.92 Å². The maximum atomic E-state index is 14.1. The van der Waals surface area contributed by atoms with Crippen molar-refractivity contribution in [3.8, 4) is 5.75 Å². The highest BCUT2D eigenvalue weighted by molar-refractivity contribution is 6.05. The number of carboxylic acids is 1. The molecule has 2 atom stereocenters. The Labute approximate surface area is 170 Å². The van der Waals surface area contributed by atoms with Gasteiger partial charge in [-0.15, -0.1) is 0 Å². The lowest BCUT2D eigenvalue weighted by atomic mass is 9.84. The summed E-state index contributed by atoms with van der Waals surface area (Å²) in [4.78, 5) is 25.2. The Morgan fingerprint density at radius 3 is 2.30 bits per heavy atom.